The summed E-state index contributed by atoms with van der Waals surface area (Å²) in [5, 5.41) is 20.6. The number of ether oxygens (including phenoxy) is 1. The molecule has 2 aromatic carbocycles. The Morgan fingerprint density at radius 2 is 1.76 bits per heavy atom. The summed E-state index contributed by atoms with van der Waals surface area (Å²) in [4.78, 5) is 8.81. The maximum Gasteiger partial charge on any atom is 0.229 e. The molecule has 170 valence electrons. The van der Waals surface area contributed by atoms with Crippen LogP contribution in [-0.2, 0) is 4.74 Å². The van der Waals surface area contributed by atoms with Crippen LogP contribution in [0.3, 0.4) is 0 Å². The van der Waals surface area contributed by atoms with Gasteiger partial charge < -0.3 is 20.5 Å². The van der Waals surface area contributed by atoms with Gasteiger partial charge in [0.15, 0.2) is 23.1 Å². The molecule has 0 spiro atoms. The highest BCUT2D eigenvalue weighted by Crippen LogP contribution is 2.33. The van der Waals surface area contributed by atoms with Crippen LogP contribution in [0.15, 0.2) is 42.6 Å². The zero-order valence-corrected chi connectivity index (χ0v) is 17.2. The molecule has 1 aliphatic rings. The van der Waals surface area contributed by atoms with Gasteiger partial charge in [-0.05, 0) is 25.0 Å². The first kappa shape index (κ1) is 21.0. The van der Waals surface area contributed by atoms with Crippen LogP contribution in [-0.4, -0.2) is 38.1 Å². The van der Waals surface area contributed by atoms with Crippen LogP contribution in [0.5, 0.6) is 5.75 Å². The summed E-state index contributed by atoms with van der Waals surface area (Å²) in [7, 11) is 0. The molecular formula is C22H19F3N6O2. The van der Waals surface area contributed by atoms with E-state index in [1.54, 1.807) is 22.9 Å². The lowest BCUT2D eigenvalue weighted by Gasteiger charge is -2.22. The number of fused-ring (bicyclic) bond motifs is 1. The molecule has 0 atom stereocenters. The molecule has 11 heteroatoms. The fraction of sp³-hybridized carbons (Fsp3) is 0.227. The highest BCUT2D eigenvalue weighted by molar-refractivity contribution is 5.90. The number of rotatable bonds is 5. The SMILES string of the molecule is Oc1ccccc1Nc1ncc2c(Nc3c(F)cc(F)cc3F)nn(C3CCOCC3)c2n1. The molecular weight excluding hydrogens is 437 g/mol. The van der Waals surface area contributed by atoms with Gasteiger partial charge in [-0.1, -0.05) is 12.1 Å². The summed E-state index contributed by atoms with van der Waals surface area (Å²) < 4.78 is 48.9. The van der Waals surface area contributed by atoms with E-state index in [1.165, 1.54) is 12.3 Å². The van der Waals surface area contributed by atoms with E-state index in [0.29, 0.717) is 54.9 Å². The third-order valence-corrected chi connectivity index (χ3v) is 5.39. The second-order valence-electron chi connectivity index (χ2n) is 7.58. The summed E-state index contributed by atoms with van der Waals surface area (Å²) >= 11 is 0. The van der Waals surface area contributed by atoms with Gasteiger partial charge in [0.25, 0.3) is 0 Å². The van der Waals surface area contributed by atoms with Crippen LogP contribution in [0.4, 0.5) is 36.3 Å². The van der Waals surface area contributed by atoms with E-state index >= 15 is 0 Å². The maximum atomic E-state index is 14.2. The van der Waals surface area contributed by atoms with Crippen molar-refractivity contribution in [2.24, 2.45) is 0 Å². The number of nitrogens with one attached hydrogen (secondary N) is 2. The predicted octanol–water partition coefficient (Wildman–Crippen LogP) is 4.79. The molecule has 2 aromatic heterocycles. The molecule has 1 aliphatic heterocycles. The van der Waals surface area contributed by atoms with Crippen molar-refractivity contribution in [3.05, 3.63) is 60.0 Å². The number of benzene rings is 2. The smallest absolute Gasteiger partial charge is 0.229 e. The quantitative estimate of drug-likeness (QED) is 0.372. The molecule has 4 aromatic rings. The maximum absolute atomic E-state index is 14.2. The number of hydrogen-bond acceptors (Lipinski definition) is 7. The minimum atomic E-state index is -1.08. The second kappa shape index (κ2) is 8.58. The molecule has 5 rings (SSSR count). The van der Waals surface area contributed by atoms with Crippen molar-refractivity contribution in [1.82, 2.24) is 19.7 Å². The Morgan fingerprint density at radius 3 is 2.48 bits per heavy atom. The molecule has 0 bridgehead atoms. The first-order chi connectivity index (χ1) is 16.0. The Labute approximate surface area is 186 Å². The number of para-hydroxylation sites is 2. The van der Waals surface area contributed by atoms with Gasteiger partial charge in [-0.2, -0.15) is 10.1 Å². The molecule has 33 heavy (non-hydrogen) atoms. The Morgan fingerprint density at radius 1 is 1.03 bits per heavy atom. The van der Waals surface area contributed by atoms with Crippen LogP contribution in [0, 0.1) is 17.5 Å². The predicted molar refractivity (Wildman–Crippen MR) is 115 cm³/mol. The topological polar surface area (TPSA) is 97.1 Å². The van der Waals surface area contributed by atoms with E-state index in [9.17, 15) is 18.3 Å². The van der Waals surface area contributed by atoms with Crippen LogP contribution in [0.1, 0.15) is 18.9 Å². The molecule has 1 saturated heterocycles. The van der Waals surface area contributed by atoms with Crippen LogP contribution < -0.4 is 10.6 Å². The Kier molecular flexibility index (Phi) is 5.47. The Bertz CT molecular complexity index is 1300. The van der Waals surface area contributed by atoms with Crippen molar-refractivity contribution in [3.63, 3.8) is 0 Å². The lowest BCUT2D eigenvalue weighted by molar-refractivity contribution is 0.0674. The number of phenols is 1. The van der Waals surface area contributed by atoms with Gasteiger partial charge in [0.1, 0.15) is 17.3 Å². The van der Waals surface area contributed by atoms with Crippen molar-refractivity contribution in [1.29, 1.82) is 0 Å². The molecule has 8 nitrogen and oxygen atoms in total. The van der Waals surface area contributed by atoms with E-state index in [1.807, 2.05) is 0 Å². The van der Waals surface area contributed by atoms with Crippen molar-refractivity contribution in [2.75, 3.05) is 23.8 Å². The largest absolute Gasteiger partial charge is 0.506 e. The molecule has 1 fully saturated rings. The van der Waals surface area contributed by atoms with Crippen molar-refractivity contribution < 1.29 is 23.0 Å². The highest BCUT2D eigenvalue weighted by Gasteiger charge is 2.24. The third-order valence-electron chi connectivity index (χ3n) is 5.39. The van der Waals surface area contributed by atoms with Crippen LogP contribution in [0.25, 0.3) is 11.0 Å². The van der Waals surface area contributed by atoms with E-state index in [-0.39, 0.29) is 23.6 Å². The summed E-state index contributed by atoms with van der Waals surface area (Å²) in [6, 6.07) is 7.78. The molecule has 0 amide bonds. The lowest BCUT2D eigenvalue weighted by atomic mass is 10.1. The van der Waals surface area contributed by atoms with Crippen molar-refractivity contribution in [3.8, 4) is 5.75 Å². The molecule has 3 N–H and O–H groups in total. The zero-order valence-electron chi connectivity index (χ0n) is 17.2. The number of hydrogen-bond donors (Lipinski definition) is 3. The number of aromatic nitrogens is 4. The van der Waals surface area contributed by atoms with Gasteiger partial charge in [0.2, 0.25) is 5.95 Å². The third kappa shape index (κ3) is 4.14. The zero-order chi connectivity index (χ0) is 22.9. The normalized spacial score (nSPS) is 14.5. The van der Waals surface area contributed by atoms with E-state index < -0.39 is 23.1 Å². The Hall–Kier alpha value is -3.86. The Balaban J connectivity index is 1.58. The summed E-state index contributed by atoms with van der Waals surface area (Å²) in [6.07, 6.45) is 2.83. The van der Waals surface area contributed by atoms with Crippen molar-refractivity contribution >= 4 is 34.2 Å². The summed E-state index contributed by atoms with van der Waals surface area (Å²) in [5.74, 6) is -2.81. The van der Waals surface area contributed by atoms with E-state index in [2.05, 4.69) is 25.7 Å². The second-order valence-corrected chi connectivity index (χ2v) is 7.58. The van der Waals surface area contributed by atoms with E-state index in [0.717, 1.165) is 0 Å². The average Bonchev–Trinajstić information content (AvgIpc) is 3.16. The van der Waals surface area contributed by atoms with Crippen LogP contribution >= 0.6 is 0 Å². The number of aromatic hydroxyl groups is 1. The molecule has 0 saturated carbocycles. The molecule has 3 heterocycles. The van der Waals surface area contributed by atoms with E-state index in [4.69, 9.17) is 4.74 Å². The number of nitrogens with zero attached hydrogens (tertiary/aromatic N) is 4. The molecule has 0 unspecified atom stereocenters. The number of phenolic OH excluding ortho intramolecular Hbond substituents is 1. The molecule has 0 aliphatic carbocycles. The van der Waals surface area contributed by atoms with Gasteiger partial charge in [-0.3, -0.25) is 0 Å². The standard InChI is InChI=1S/C22H19F3N6O2/c23-12-9-15(24)19(16(25)10-12)28-20-14-11-26-22(27-17-3-1-2-4-18(17)32)29-21(14)31(30-20)13-5-7-33-8-6-13/h1-4,9-11,13,32H,5-8H2,(H,28,30)(H,26,27,29). The summed E-state index contributed by atoms with van der Waals surface area (Å²) in [6.45, 7) is 1.09. The first-order valence-electron chi connectivity index (χ1n) is 10.3. The lowest BCUT2D eigenvalue weighted by Crippen LogP contribution is -2.21. The number of halogens is 3. The average molecular weight is 456 g/mol. The first-order valence-corrected chi connectivity index (χ1v) is 10.3. The number of anilines is 4. The molecule has 0 radical (unpaired) electrons. The minimum absolute atomic E-state index is 0.0312. The van der Waals surface area contributed by atoms with Crippen molar-refractivity contribution in [2.45, 2.75) is 18.9 Å². The monoisotopic (exact) mass is 456 g/mol. The van der Waals surface area contributed by atoms with Gasteiger partial charge in [0, 0.05) is 31.5 Å². The van der Waals surface area contributed by atoms with Gasteiger partial charge in [0.05, 0.1) is 17.1 Å². The van der Waals surface area contributed by atoms with Crippen LogP contribution in [0.2, 0.25) is 0 Å². The minimum Gasteiger partial charge on any atom is -0.506 e. The van der Waals surface area contributed by atoms with Gasteiger partial charge >= 0.3 is 0 Å². The highest BCUT2D eigenvalue weighted by atomic mass is 19.1. The summed E-state index contributed by atoms with van der Waals surface area (Å²) in [5.41, 5.74) is 0.328. The fourth-order valence-electron chi connectivity index (χ4n) is 3.74. The van der Waals surface area contributed by atoms with Gasteiger partial charge in [-0.15, -0.1) is 0 Å². The van der Waals surface area contributed by atoms with Gasteiger partial charge in [-0.25, -0.2) is 22.8 Å². The fourth-order valence-corrected chi connectivity index (χ4v) is 3.74.